The summed E-state index contributed by atoms with van der Waals surface area (Å²) in [5.41, 5.74) is 1.67. The highest BCUT2D eigenvalue weighted by Gasteiger charge is 2.44. The van der Waals surface area contributed by atoms with Gasteiger partial charge in [0.15, 0.2) is 0 Å². The number of ether oxygens (including phenoxy) is 1. The van der Waals surface area contributed by atoms with Crippen LogP contribution in [0, 0.1) is 17.8 Å². The molecule has 0 amide bonds. The van der Waals surface area contributed by atoms with E-state index in [0.29, 0.717) is 17.9 Å². The highest BCUT2D eigenvalue weighted by atomic mass is 16.5. The van der Waals surface area contributed by atoms with Crippen molar-refractivity contribution in [3.05, 3.63) is 23.8 Å². The van der Waals surface area contributed by atoms with Gasteiger partial charge in [-0.3, -0.25) is 0 Å². The second-order valence-electron chi connectivity index (χ2n) is 6.48. The molecule has 3 aliphatic rings. The average Bonchev–Trinajstić information content (AvgIpc) is 2.56. The Bertz CT molecular complexity index is 341. The van der Waals surface area contributed by atoms with Crippen LogP contribution in [0.15, 0.2) is 23.8 Å². The molecule has 0 aromatic rings. The second-order valence-corrected chi connectivity index (χ2v) is 6.48. The van der Waals surface area contributed by atoms with Crippen molar-refractivity contribution in [1.29, 1.82) is 0 Å². The largest absolute Gasteiger partial charge is 0.371 e. The zero-order valence-corrected chi connectivity index (χ0v) is 10.6. The highest BCUT2D eigenvalue weighted by Crippen LogP contribution is 2.49. The lowest BCUT2D eigenvalue weighted by atomic mass is 9.75. The van der Waals surface area contributed by atoms with Crippen LogP contribution in [0.3, 0.4) is 0 Å². The molecule has 3 atom stereocenters. The zero-order valence-electron chi connectivity index (χ0n) is 10.6. The molecule has 16 heavy (non-hydrogen) atoms. The van der Waals surface area contributed by atoms with E-state index in [0.717, 1.165) is 5.92 Å². The van der Waals surface area contributed by atoms with Crippen LogP contribution in [-0.4, -0.2) is 11.7 Å². The smallest absolute Gasteiger partial charge is 0.0779 e. The van der Waals surface area contributed by atoms with Crippen LogP contribution in [0.2, 0.25) is 0 Å². The fraction of sp³-hybridized carbons (Fsp3) is 0.733. The molecule has 0 aliphatic heterocycles. The highest BCUT2D eigenvalue weighted by molar-refractivity contribution is 5.36. The van der Waals surface area contributed by atoms with Crippen molar-refractivity contribution in [3.63, 3.8) is 0 Å². The lowest BCUT2D eigenvalue weighted by molar-refractivity contribution is -0.0737. The van der Waals surface area contributed by atoms with E-state index in [9.17, 15) is 0 Å². The van der Waals surface area contributed by atoms with Crippen LogP contribution < -0.4 is 0 Å². The molecule has 88 valence electrons. The normalized spacial score (nSPS) is 37.7. The average molecular weight is 218 g/mol. The standard InChI is InChI=1S/C15H22O/c1-15(2,3)16-14-11-7-8-12(14)13(9-11)10-5-4-6-10/h7-12,14H,4-6H2,1-3H3. The van der Waals surface area contributed by atoms with Crippen LogP contribution in [0.4, 0.5) is 0 Å². The van der Waals surface area contributed by atoms with Gasteiger partial charge in [-0.15, -0.1) is 0 Å². The third-order valence-corrected chi connectivity index (χ3v) is 4.11. The molecule has 3 aliphatic carbocycles. The van der Waals surface area contributed by atoms with E-state index in [1.807, 2.05) is 0 Å². The molecule has 0 radical (unpaired) electrons. The van der Waals surface area contributed by atoms with Crippen molar-refractivity contribution in [1.82, 2.24) is 0 Å². The lowest BCUT2D eigenvalue weighted by Crippen LogP contribution is -2.32. The molecule has 3 rings (SSSR count). The quantitative estimate of drug-likeness (QED) is 0.642. The fourth-order valence-electron chi connectivity index (χ4n) is 3.20. The third kappa shape index (κ3) is 1.66. The molecule has 1 saturated carbocycles. The van der Waals surface area contributed by atoms with E-state index in [1.54, 1.807) is 5.57 Å². The number of rotatable bonds is 2. The van der Waals surface area contributed by atoms with Crippen LogP contribution in [0.25, 0.3) is 0 Å². The molecular weight excluding hydrogens is 196 g/mol. The molecule has 0 aromatic carbocycles. The molecule has 0 spiro atoms. The van der Waals surface area contributed by atoms with Crippen LogP contribution >= 0.6 is 0 Å². The van der Waals surface area contributed by atoms with Gasteiger partial charge in [0.2, 0.25) is 0 Å². The summed E-state index contributed by atoms with van der Waals surface area (Å²) in [6.45, 7) is 6.48. The lowest BCUT2D eigenvalue weighted by Gasteiger charge is -2.33. The SMILES string of the molecule is CC(C)(C)OC1C2C=CC1C(C1CCC1)=C2. The predicted octanol–water partition coefficient (Wildman–Crippen LogP) is 3.71. The molecule has 0 aromatic heterocycles. The summed E-state index contributed by atoms with van der Waals surface area (Å²) in [4.78, 5) is 0. The minimum atomic E-state index is -0.0178. The van der Waals surface area contributed by atoms with E-state index in [-0.39, 0.29) is 5.60 Å². The van der Waals surface area contributed by atoms with Crippen molar-refractivity contribution in [2.45, 2.75) is 51.7 Å². The summed E-state index contributed by atoms with van der Waals surface area (Å²) in [5.74, 6) is 2.03. The minimum absolute atomic E-state index is 0.0178. The molecule has 1 nitrogen and oxygen atoms in total. The summed E-state index contributed by atoms with van der Waals surface area (Å²) in [5, 5.41) is 0. The maximum atomic E-state index is 6.22. The van der Waals surface area contributed by atoms with Crippen molar-refractivity contribution in [3.8, 4) is 0 Å². The Morgan fingerprint density at radius 1 is 1.19 bits per heavy atom. The monoisotopic (exact) mass is 218 g/mol. The Labute approximate surface area is 98.6 Å². The molecular formula is C15H22O. The van der Waals surface area contributed by atoms with Gasteiger partial charge < -0.3 is 4.74 Å². The number of hydrogen-bond donors (Lipinski definition) is 0. The third-order valence-electron chi connectivity index (χ3n) is 4.11. The molecule has 2 bridgehead atoms. The Morgan fingerprint density at radius 2 is 1.94 bits per heavy atom. The summed E-state index contributed by atoms with van der Waals surface area (Å²) >= 11 is 0. The first-order chi connectivity index (χ1) is 7.54. The Kier molecular flexibility index (Phi) is 2.29. The molecule has 0 heterocycles. The molecule has 3 unspecified atom stereocenters. The van der Waals surface area contributed by atoms with Crippen LogP contribution in [-0.2, 0) is 4.74 Å². The van der Waals surface area contributed by atoms with Crippen LogP contribution in [0.5, 0.6) is 0 Å². The summed E-state index contributed by atoms with van der Waals surface area (Å²) in [6.07, 6.45) is 11.9. The first-order valence-corrected chi connectivity index (χ1v) is 6.62. The molecule has 0 N–H and O–H groups in total. The summed E-state index contributed by atoms with van der Waals surface area (Å²) in [7, 11) is 0. The van der Waals surface area contributed by atoms with Gasteiger partial charge in [-0.25, -0.2) is 0 Å². The van der Waals surface area contributed by atoms with Gasteiger partial charge in [-0.05, 0) is 39.5 Å². The maximum absolute atomic E-state index is 6.22. The van der Waals surface area contributed by atoms with Gasteiger partial charge in [0.1, 0.15) is 0 Å². The summed E-state index contributed by atoms with van der Waals surface area (Å²) in [6, 6.07) is 0. The summed E-state index contributed by atoms with van der Waals surface area (Å²) < 4.78 is 6.22. The van der Waals surface area contributed by atoms with Crippen molar-refractivity contribution < 1.29 is 4.74 Å². The van der Waals surface area contributed by atoms with E-state index < -0.39 is 0 Å². The molecule has 1 fully saturated rings. The Balaban J connectivity index is 1.73. The van der Waals surface area contributed by atoms with Crippen LogP contribution in [0.1, 0.15) is 40.0 Å². The van der Waals surface area contributed by atoms with Crippen molar-refractivity contribution in [2.75, 3.05) is 0 Å². The Morgan fingerprint density at radius 3 is 2.50 bits per heavy atom. The van der Waals surface area contributed by atoms with Gasteiger partial charge >= 0.3 is 0 Å². The predicted molar refractivity (Wildman–Crippen MR) is 66.2 cm³/mol. The van der Waals surface area contributed by atoms with Crippen molar-refractivity contribution in [2.24, 2.45) is 17.8 Å². The fourth-order valence-corrected chi connectivity index (χ4v) is 3.20. The number of hydrogen-bond acceptors (Lipinski definition) is 1. The molecule has 0 saturated heterocycles. The molecule has 1 heteroatoms. The van der Waals surface area contributed by atoms with Gasteiger partial charge in [0.05, 0.1) is 11.7 Å². The maximum Gasteiger partial charge on any atom is 0.0779 e. The van der Waals surface area contributed by atoms with E-state index in [1.165, 1.54) is 19.3 Å². The van der Waals surface area contributed by atoms with E-state index >= 15 is 0 Å². The second kappa shape index (κ2) is 3.46. The van der Waals surface area contributed by atoms with Crippen molar-refractivity contribution >= 4 is 0 Å². The topological polar surface area (TPSA) is 9.23 Å². The zero-order chi connectivity index (χ0) is 11.3. The van der Waals surface area contributed by atoms with Gasteiger partial charge in [0, 0.05) is 11.8 Å². The number of fused-ring (bicyclic) bond motifs is 2. The minimum Gasteiger partial charge on any atom is -0.371 e. The van der Waals surface area contributed by atoms with Gasteiger partial charge in [-0.2, -0.15) is 0 Å². The Hall–Kier alpha value is -0.560. The first kappa shape index (κ1) is 10.6. The van der Waals surface area contributed by atoms with E-state index in [4.69, 9.17) is 4.74 Å². The first-order valence-electron chi connectivity index (χ1n) is 6.62. The van der Waals surface area contributed by atoms with E-state index in [2.05, 4.69) is 39.0 Å². The van der Waals surface area contributed by atoms with Gasteiger partial charge in [-0.1, -0.05) is 30.2 Å². The van der Waals surface area contributed by atoms with Gasteiger partial charge in [0.25, 0.3) is 0 Å².